The zero-order valence-corrected chi connectivity index (χ0v) is 9.52. The lowest BCUT2D eigenvalue weighted by Gasteiger charge is -2.02. The molecule has 0 aliphatic rings. The van der Waals surface area contributed by atoms with E-state index in [4.69, 9.17) is 15.7 Å². The molecule has 2 rings (SSSR count). The minimum absolute atomic E-state index is 0.0691. The summed E-state index contributed by atoms with van der Waals surface area (Å²) < 4.78 is 0.692. The van der Waals surface area contributed by atoms with Gasteiger partial charge >= 0.3 is 12.1 Å². The minimum atomic E-state index is -1.38. The van der Waals surface area contributed by atoms with E-state index in [1.54, 1.807) is 12.1 Å². The Hall–Kier alpha value is -2.99. The van der Waals surface area contributed by atoms with E-state index in [0.717, 1.165) is 0 Å². The van der Waals surface area contributed by atoms with Gasteiger partial charge in [0.25, 0.3) is 0 Å². The zero-order valence-electron chi connectivity index (χ0n) is 9.52. The topological polar surface area (TPSA) is 128 Å². The van der Waals surface area contributed by atoms with Gasteiger partial charge in [-0.05, 0) is 23.2 Å². The van der Waals surface area contributed by atoms with Crippen LogP contribution in [-0.4, -0.2) is 26.8 Å². The second-order valence-corrected chi connectivity index (χ2v) is 3.73. The van der Waals surface area contributed by atoms with E-state index < -0.39 is 12.1 Å². The summed E-state index contributed by atoms with van der Waals surface area (Å²) in [5, 5.41) is 21.9. The van der Waals surface area contributed by atoms with Crippen molar-refractivity contribution in [1.29, 1.82) is 0 Å². The highest BCUT2D eigenvalue weighted by molar-refractivity contribution is 6.00. The monoisotopic (exact) mass is 260 g/mol. The van der Waals surface area contributed by atoms with Gasteiger partial charge in [-0.3, -0.25) is 0 Å². The molecule has 0 fully saturated rings. The van der Waals surface area contributed by atoms with Crippen LogP contribution < -0.4 is 0 Å². The molecule has 0 spiro atoms. The zero-order chi connectivity index (χ0) is 14.0. The highest BCUT2D eigenvalue weighted by atomic mass is 16.4. The number of aromatic carboxylic acids is 1. The maximum absolute atomic E-state index is 11.1. The Balaban J connectivity index is 2.69. The number of azide groups is 1. The molecule has 1 aromatic carbocycles. The molecule has 0 aliphatic heterocycles. The van der Waals surface area contributed by atoms with Crippen molar-refractivity contribution < 1.29 is 19.8 Å². The van der Waals surface area contributed by atoms with Crippen LogP contribution in [0.15, 0.2) is 29.4 Å². The molecule has 0 saturated carbocycles. The summed E-state index contributed by atoms with van der Waals surface area (Å²) in [5.41, 5.74) is 8.76. The lowest BCUT2D eigenvalue weighted by molar-refractivity contribution is 0.0684. The van der Waals surface area contributed by atoms with Gasteiger partial charge in [0.15, 0.2) is 0 Å². The third-order valence-corrected chi connectivity index (χ3v) is 2.60. The summed E-state index contributed by atoms with van der Waals surface area (Å²) in [7, 11) is 0. The maximum Gasteiger partial charge on any atom is 0.416 e. The van der Waals surface area contributed by atoms with Gasteiger partial charge in [-0.1, -0.05) is 17.2 Å². The second kappa shape index (κ2) is 4.71. The molecule has 0 unspecified atom stereocenters. The van der Waals surface area contributed by atoms with Crippen molar-refractivity contribution in [3.8, 4) is 0 Å². The first-order chi connectivity index (χ1) is 9.04. The second-order valence-electron chi connectivity index (χ2n) is 3.73. The molecule has 2 aromatic rings. The highest BCUT2D eigenvalue weighted by Crippen LogP contribution is 2.22. The molecule has 0 atom stereocenters. The van der Waals surface area contributed by atoms with Crippen molar-refractivity contribution >= 4 is 23.0 Å². The van der Waals surface area contributed by atoms with E-state index >= 15 is 0 Å². The normalized spacial score (nSPS) is 10.1. The summed E-state index contributed by atoms with van der Waals surface area (Å²) in [6, 6.07) is 6.01. The summed E-state index contributed by atoms with van der Waals surface area (Å²) >= 11 is 0. The molecular weight excluding hydrogens is 252 g/mol. The lowest BCUT2D eigenvalue weighted by Crippen LogP contribution is -2.14. The van der Waals surface area contributed by atoms with Crippen molar-refractivity contribution in [3.63, 3.8) is 0 Å². The molecule has 0 aliphatic carbocycles. The summed E-state index contributed by atoms with van der Waals surface area (Å²) in [4.78, 5) is 24.8. The molecular formula is C11H8N4O4. The number of benzene rings is 1. The molecule has 1 heterocycles. The number of fused-ring (bicyclic) bond motifs is 1. The van der Waals surface area contributed by atoms with Gasteiger partial charge in [-0.15, -0.1) is 0 Å². The molecule has 96 valence electrons. The third kappa shape index (κ3) is 2.20. The molecule has 8 nitrogen and oxygen atoms in total. The van der Waals surface area contributed by atoms with Crippen LogP contribution in [0.2, 0.25) is 0 Å². The molecule has 0 bridgehead atoms. The van der Waals surface area contributed by atoms with Crippen LogP contribution in [0.1, 0.15) is 16.1 Å². The Morgan fingerprint density at radius 3 is 2.63 bits per heavy atom. The fourth-order valence-corrected chi connectivity index (χ4v) is 1.82. The van der Waals surface area contributed by atoms with Gasteiger partial charge < -0.3 is 10.2 Å². The largest absolute Gasteiger partial charge is 0.477 e. The molecule has 19 heavy (non-hydrogen) atoms. The van der Waals surface area contributed by atoms with E-state index in [2.05, 4.69) is 10.0 Å². The van der Waals surface area contributed by atoms with Gasteiger partial charge in [0.1, 0.15) is 5.69 Å². The highest BCUT2D eigenvalue weighted by Gasteiger charge is 2.19. The van der Waals surface area contributed by atoms with Crippen LogP contribution in [0.25, 0.3) is 21.3 Å². The number of carbonyl (C=O) groups is 2. The van der Waals surface area contributed by atoms with E-state index in [9.17, 15) is 9.59 Å². The van der Waals surface area contributed by atoms with Crippen LogP contribution >= 0.6 is 0 Å². The number of hydrogen-bond acceptors (Lipinski definition) is 3. The van der Waals surface area contributed by atoms with Crippen LogP contribution in [0, 0.1) is 0 Å². The quantitative estimate of drug-likeness (QED) is 0.499. The maximum atomic E-state index is 11.1. The SMILES string of the molecule is [N-]=[N+]=NCc1ccc2cc(C(=O)O)n(C(=O)O)c2c1. The fraction of sp³-hybridized carbons (Fsp3) is 0.0909. The number of carboxylic acid groups (broad SMARTS) is 2. The summed E-state index contributed by atoms with van der Waals surface area (Å²) in [6.45, 7) is 0.0691. The van der Waals surface area contributed by atoms with Gasteiger partial charge in [0, 0.05) is 10.3 Å². The smallest absolute Gasteiger partial charge is 0.416 e. The number of carboxylic acids is 1. The number of aromatic nitrogens is 1. The van der Waals surface area contributed by atoms with Crippen molar-refractivity contribution in [2.75, 3.05) is 0 Å². The van der Waals surface area contributed by atoms with Crippen molar-refractivity contribution in [3.05, 3.63) is 46.0 Å². The van der Waals surface area contributed by atoms with E-state index in [1.807, 2.05) is 0 Å². The molecule has 1 aromatic heterocycles. The molecule has 0 radical (unpaired) electrons. The Morgan fingerprint density at radius 2 is 2.05 bits per heavy atom. The van der Waals surface area contributed by atoms with Gasteiger partial charge in [0.2, 0.25) is 0 Å². The first-order valence-electron chi connectivity index (χ1n) is 5.16. The van der Waals surface area contributed by atoms with Crippen LogP contribution in [0.5, 0.6) is 0 Å². The summed E-state index contributed by atoms with van der Waals surface area (Å²) in [6.07, 6.45) is -1.38. The van der Waals surface area contributed by atoms with Crippen LogP contribution in [0.3, 0.4) is 0 Å². The van der Waals surface area contributed by atoms with Gasteiger partial charge in [-0.25, -0.2) is 14.2 Å². The average Bonchev–Trinajstić information content (AvgIpc) is 2.75. The van der Waals surface area contributed by atoms with Crippen molar-refractivity contribution in [2.45, 2.75) is 6.54 Å². The fourth-order valence-electron chi connectivity index (χ4n) is 1.82. The van der Waals surface area contributed by atoms with Crippen LogP contribution in [-0.2, 0) is 6.54 Å². The van der Waals surface area contributed by atoms with Crippen molar-refractivity contribution in [1.82, 2.24) is 4.57 Å². The first-order valence-corrected chi connectivity index (χ1v) is 5.16. The van der Waals surface area contributed by atoms with Gasteiger partial charge in [-0.2, -0.15) is 0 Å². The lowest BCUT2D eigenvalue weighted by atomic mass is 10.1. The van der Waals surface area contributed by atoms with E-state index in [0.29, 0.717) is 15.5 Å². The predicted molar refractivity (Wildman–Crippen MR) is 65.2 cm³/mol. The molecule has 0 saturated heterocycles. The first kappa shape index (κ1) is 12.5. The Bertz CT molecular complexity index is 728. The summed E-state index contributed by atoms with van der Waals surface area (Å²) in [5.74, 6) is -1.32. The Kier molecular flexibility index (Phi) is 3.09. The van der Waals surface area contributed by atoms with Crippen molar-refractivity contribution in [2.24, 2.45) is 5.11 Å². The number of nitrogens with zero attached hydrogens (tertiary/aromatic N) is 4. The third-order valence-electron chi connectivity index (χ3n) is 2.60. The standard InChI is InChI=1S/C11H8N4O4/c12-14-13-5-6-1-2-7-4-9(10(16)17)15(11(18)19)8(7)3-6/h1-4H,5H2,(H,16,17)(H,18,19). The number of hydrogen-bond donors (Lipinski definition) is 2. The molecule has 8 heteroatoms. The number of rotatable bonds is 3. The van der Waals surface area contributed by atoms with Crippen LogP contribution in [0.4, 0.5) is 4.79 Å². The average molecular weight is 260 g/mol. The van der Waals surface area contributed by atoms with E-state index in [1.165, 1.54) is 12.1 Å². The molecule has 0 amide bonds. The Morgan fingerprint density at radius 1 is 1.32 bits per heavy atom. The van der Waals surface area contributed by atoms with Gasteiger partial charge in [0.05, 0.1) is 12.1 Å². The van der Waals surface area contributed by atoms with E-state index in [-0.39, 0.29) is 17.8 Å². The molecule has 2 N–H and O–H groups in total. The predicted octanol–water partition coefficient (Wildman–Crippen LogP) is 2.68. The Labute approximate surface area is 106 Å². The minimum Gasteiger partial charge on any atom is -0.477 e.